The fourth-order valence-corrected chi connectivity index (χ4v) is 11.2. The fourth-order valence-electron chi connectivity index (χ4n) is 2.79. The second kappa shape index (κ2) is 8.62. The Bertz CT molecular complexity index is 257. The Morgan fingerprint density at radius 3 is 1.53 bits per heavy atom. The van der Waals surface area contributed by atoms with E-state index in [1.165, 1.54) is 0 Å². The minimum absolute atomic E-state index is 0.212. The minimum atomic E-state index is -2.30. The van der Waals surface area contributed by atoms with Crippen LogP contribution in [0.15, 0.2) is 0 Å². The number of carbonyl (C=O) groups is 1. The molecule has 0 spiro atoms. The molecule has 0 rings (SSSR count). The van der Waals surface area contributed by atoms with E-state index >= 15 is 0 Å². The summed E-state index contributed by atoms with van der Waals surface area (Å²) in [6.07, 6.45) is 10.2. The average molecular weight is 355 g/mol. The van der Waals surface area contributed by atoms with Crippen LogP contribution in [0.2, 0.25) is 0 Å². The first-order valence-electron chi connectivity index (χ1n) is 7.79. The molecule has 0 bridgehead atoms. The molecule has 0 fully saturated rings. The summed E-state index contributed by atoms with van der Waals surface area (Å²) >= 11 is 4.11. The van der Waals surface area contributed by atoms with Gasteiger partial charge in [0.15, 0.2) is 0 Å². The van der Waals surface area contributed by atoms with Crippen molar-refractivity contribution >= 4 is 26.8 Å². The van der Waals surface area contributed by atoms with Crippen molar-refractivity contribution < 1.29 is 9.90 Å². The van der Waals surface area contributed by atoms with Gasteiger partial charge in [-0.05, 0) is 0 Å². The zero-order chi connectivity index (χ0) is 15.0. The maximum absolute atomic E-state index is 11.6. The van der Waals surface area contributed by atoms with Crippen LogP contribution in [0.1, 0.15) is 66.2 Å². The first kappa shape index (κ1) is 19.4. The molecular formula is C15H32BrO2P. The van der Waals surface area contributed by atoms with Crippen LogP contribution in [0.3, 0.4) is 0 Å². The molecule has 1 N–H and O–H groups in total. The Labute approximate surface area is 127 Å². The van der Waals surface area contributed by atoms with Crippen LogP contribution in [0.25, 0.3) is 0 Å². The number of halogens is 1. The molecule has 2 nitrogen and oxygen atoms in total. The van der Waals surface area contributed by atoms with Crippen LogP contribution >= 0.6 is 20.8 Å². The van der Waals surface area contributed by atoms with Gasteiger partial charge in [-0.25, -0.2) is 0 Å². The first-order valence-corrected chi connectivity index (χ1v) is 12.7. The molecule has 0 aliphatic heterocycles. The van der Waals surface area contributed by atoms with Gasteiger partial charge in [0, 0.05) is 0 Å². The van der Waals surface area contributed by atoms with Crippen molar-refractivity contribution in [1.82, 2.24) is 0 Å². The van der Waals surface area contributed by atoms with E-state index in [-0.39, 0.29) is 5.66 Å². The van der Waals surface area contributed by atoms with Crippen molar-refractivity contribution in [2.45, 2.75) is 71.9 Å². The molecule has 0 heterocycles. The van der Waals surface area contributed by atoms with Gasteiger partial charge in [-0.15, -0.1) is 0 Å². The normalized spacial score (nSPS) is 15.7. The topological polar surface area (TPSA) is 37.3 Å². The number of carboxylic acids is 1. The Hall–Kier alpha value is 0.380. The predicted molar refractivity (Wildman–Crippen MR) is 92.3 cm³/mol. The number of aliphatic carboxylic acids is 1. The Kier molecular flexibility index (Phi) is 8.79. The molecule has 0 radical (unpaired) electrons. The van der Waals surface area contributed by atoms with Crippen LogP contribution in [-0.4, -0.2) is 35.2 Å². The van der Waals surface area contributed by atoms with Crippen LogP contribution in [0.5, 0.6) is 0 Å². The van der Waals surface area contributed by atoms with Crippen LogP contribution in [0.4, 0.5) is 0 Å². The Balaban J connectivity index is 5.33. The van der Waals surface area contributed by atoms with Crippen LogP contribution in [0, 0.1) is 0 Å². The average Bonchev–Trinajstić information content (AvgIpc) is 2.40. The van der Waals surface area contributed by atoms with E-state index < -0.39 is 11.3 Å². The maximum atomic E-state index is 11.6. The van der Waals surface area contributed by atoms with Gasteiger partial charge in [-0.3, -0.25) is 0 Å². The van der Waals surface area contributed by atoms with Crippen molar-refractivity contribution in [3.8, 4) is 0 Å². The zero-order valence-electron chi connectivity index (χ0n) is 13.1. The summed E-state index contributed by atoms with van der Waals surface area (Å²) in [7, 11) is 0. The quantitative estimate of drug-likeness (QED) is 0.481. The number of hydrogen-bond acceptors (Lipinski definition) is 1. The first-order chi connectivity index (χ1) is 8.84. The van der Waals surface area contributed by atoms with Crippen LogP contribution in [-0.2, 0) is 4.79 Å². The Morgan fingerprint density at radius 1 is 1.00 bits per heavy atom. The predicted octanol–water partition coefficient (Wildman–Crippen LogP) is 5.72. The summed E-state index contributed by atoms with van der Waals surface area (Å²) in [5.74, 6) is -0.613. The van der Waals surface area contributed by atoms with E-state index in [4.69, 9.17) is 0 Å². The number of rotatable bonds is 11. The third kappa shape index (κ3) is 5.34. The van der Waals surface area contributed by atoms with E-state index in [0.717, 1.165) is 57.0 Å². The third-order valence-corrected chi connectivity index (χ3v) is 15.8. The summed E-state index contributed by atoms with van der Waals surface area (Å²) in [4.78, 5) is 11.6. The van der Waals surface area contributed by atoms with Gasteiger partial charge in [0.25, 0.3) is 0 Å². The molecule has 0 amide bonds. The summed E-state index contributed by atoms with van der Waals surface area (Å²) in [5.41, 5.74) is -0.212. The number of hydrogen-bond donors (Lipinski definition) is 1. The second-order valence-electron chi connectivity index (χ2n) is 5.92. The number of carboxylic acid groups (broad SMARTS) is 1. The van der Waals surface area contributed by atoms with Gasteiger partial charge in [0.05, 0.1) is 0 Å². The summed E-state index contributed by atoms with van der Waals surface area (Å²) in [6.45, 7) is 8.52. The zero-order valence-corrected chi connectivity index (χ0v) is 15.6. The molecule has 0 saturated carbocycles. The van der Waals surface area contributed by atoms with Gasteiger partial charge >= 0.3 is 127 Å². The standard InChI is InChI=1S/C15H32BrO2P/c1-5-8-11-19(16,12-9-6-2,13-10-7-3)14(4)15(17)18/h14H,5-13H2,1-4H3,(H,17,18). The van der Waals surface area contributed by atoms with Crippen molar-refractivity contribution in [3.63, 3.8) is 0 Å². The van der Waals surface area contributed by atoms with Crippen LogP contribution < -0.4 is 0 Å². The van der Waals surface area contributed by atoms with E-state index in [1.54, 1.807) is 0 Å². The molecule has 0 aromatic carbocycles. The summed E-state index contributed by atoms with van der Waals surface area (Å²) in [6, 6.07) is 0. The fraction of sp³-hybridized carbons (Fsp3) is 0.933. The van der Waals surface area contributed by atoms with Crippen molar-refractivity contribution in [1.29, 1.82) is 0 Å². The third-order valence-electron chi connectivity index (χ3n) is 4.45. The molecule has 19 heavy (non-hydrogen) atoms. The van der Waals surface area contributed by atoms with Crippen molar-refractivity contribution in [3.05, 3.63) is 0 Å². The van der Waals surface area contributed by atoms with Gasteiger partial charge in [-0.2, -0.15) is 0 Å². The van der Waals surface area contributed by atoms with E-state index in [2.05, 4.69) is 36.3 Å². The molecule has 4 heteroatoms. The molecule has 0 aliphatic carbocycles. The van der Waals surface area contributed by atoms with Crippen molar-refractivity contribution in [2.75, 3.05) is 18.5 Å². The summed E-state index contributed by atoms with van der Waals surface area (Å²) < 4.78 is 0. The summed E-state index contributed by atoms with van der Waals surface area (Å²) in [5, 5.41) is 7.28. The molecule has 0 aromatic heterocycles. The molecule has 0 aliphatic rings. The van der Waals surface area contributed by atoms with Crippen molar-refractivity contribution in [2.24, 2.45) is 0 Å². The van der Waals surface area contributed by atoms with E-state index in [9.17, 15) is 9.90 Å². The molecule has 1 unspecified atom stereocenters. The molecule has 116 valence electrons. The van der Waals surface area contributed by atoms with Gasteiger partial charge in [0.1, 0.15) is 0 Å². The van der Waals surface area contributed by atoms with Gasteiger partial charge in [-0.1, -0.05) is 0 Å². The van der Waals surface area contributed by atoms with E-state index in [0.29, 0.717) is 0 Å². The monoisotopic (exact) mass is 354 g/mol. The molecular weight excluding hydrogens is 323 g/mol. The second-order valence-corrected chi connectivity index (χ2v) is 17.1. The van der Waals surface area contributed by atoms with Gasteiger partial charge < -0.3 is 0 Å². The number of unbranched alkanes of at least 4 members (excludes halogenated alkanes) is 3. The molecule has 1 atom stereocenters. The molecule has 0 saturated heterocycles. The molecule has 0 aromatic rings. The Morgan fingerprint density at radius 2 is 1.32 bits per heavy atom. The van der Waals surface area contributed by atoms with E-state index in [1.807, 2.05) is 6.92 Å². The SMILES string of the molecule is CCCCP(Br)(CCCC)(CCCC)C(C)C(=O)O. The van der Waals surface area contributed by atoms with Gasteiger partial charge in [0.2, 0.25) is 0 Å².